The molecule has 0 aliphatic heterocycles. The van der Waals surface area contributed by atoms with Crippen LogP contribution in [-0.4, -0.2) is 48.7 Å². The molecule has 0 spiro atoms. The second-order valence-corrected chi connectivity index (χ2v) is 4.85. The monoisotopic (exact) mass is 251 g/mol. The van der Waals surface area contributed by atoms with Crippen LogP contribution in [0.3, 0.4) is 0 Å². The molecular formula is C14H25N3O. The van der Waals surface area contributed by atoms with Gasteiger partial charge in [0.15, 0.2) is 0 Å². The van der Waals surface area contributed by atoms with E-state index in [0.717, 1.165) is 37.4 Å². The van der Waals surface area contributed by atoms with E-state index < -0.39 is 6.10 Å². The molecule has 0 aliphatic rings. The normalized spacial score (nSPS) is 12.8. The summed E-state index contributed by atoms with van der Waals surface area (Å²) < 4.78 is 0. The fourth-order valence-corrected chi connectivity index (χ4v) is 1.88. The fraction of sp³-hybridized carbons (Fsp3) is 0.643. The van der Waals surface area contributed by atoms with E-state index in [-0.39, 0.29) is 0 Å². The van der Waals surface area contributed by atoms with Crippen LogP contribution in [0, 0.1) is 0 Å². The van der Waals surface area contributed by atoms with Crippen molar-refractivity contribution in [2.75, 3.05) is 38.6 Å². The molecule has 0 amide bonds. The lowest BCUT2D eigenvalue weighted by atomic mass is 10.2. The number of nitrogens with zero attached hydrogens (tertiary/aromatic N) is 3. The molecule has 1 aromatic rings. The number of aliphatic hydroxyl groups excluding tert-OH is 1. The van der Waals surface area contributed by atoms with Gasteiger partial charge in [0.2, 0.25) is 0 Å². The Morgan fingerprint density at radius 1 is 1.28 bits per heavy atom. The lowest BCUT2D eigenvalue weighted by molar-refractivity contribution is 0.194. The predicted octanol–water partition coefficient (Wildman–Crippen LogP) is 1.91. The number of hydrogen-bond acceptors (Lipinski definition) is 4. The first-order valence-corrected chi connectivity index (χ1v) is 6.58. The van der Waals surface area contributed by atoms with Crippen molar-refractivity contribution in [1.29, 1.82) is 0 Å². The fourth-order valence-electron chi connectivity index (χ4n) is 1.88. The highest BCUT2D eigenvalue weighted by Gasteiger charge is 2.07. The third-order valence-electron chi connectivity index (χ3n) is 2.98. The molecule has 0 saturated carbocycles. The third kappa shape index (κ3) is 4.63. The maximum atomic E-state index is 9.43. The highest BCUT2D eigenvalue weighted by molar-refractivity contribution is 5.44. The van der Waals surface area contributed by atoms with Gasteiger partial charge in [0.1, 0.15) is 0 Å². The summed E-state index contributed by atoms with van der Waals surface area (Å²) in [6.45, 7) is 6.98. The van der Waals surface area contributed by atoms with Crippen molar-refractivity contribution in [1.82, 2.24) is 9.88 Å². The van der Waals surface area contributed by atoms with Crippen molar-refractivity contribution >= 4 is 5.69 Å². The molecule has 1 atom stereocenters. The summed E-state index contributed by atoms with van der Waals surface area (Å²) in [7, 11) is 4.19. The van der Waals surface area contributed by atoms with Crippen LogP contribution in [0.15, 0.2) is 18.3 Å². The van der Waals surface area contributed by atoms with E-state index in [2.05, 4.69) is 35.8 Å². The standard InChI is InChI=1S/C14H25N3O/c1-5-17(10-6-9-16(3)4)13-7-8-14(12(2)18)15-11-13/h7-8,11-12,18H,5-6,9-10H2,1-4H3. The predicted molar refractivity (Wildman–Crippen MR) is 75.9 cm³/mol. The first-order valence-electron chi connectivity index (χ1n) is 6.58. The first-order chi connectivity index (χ1) is 8.54. The van der Waals surface area contributed by atoms with Gasteiger partial charge in [-0.2, -0.15) is 0 Å². The van der Waals surface area contributed by atoms with E-state index in [0.29, 0.717) is 0 Å². The molecule has 1 heterocycles. The van der Waals surface area contributed by atoms with Crippen molar-refractivity contribution in [3.8, 4) is 0 Å². The van der Waals surface area contributed by atoms with Gasteiger partial charge in [-0.3, -0.25) is 4.98 Å². The molecule has 1 rings (SSSR count). The Kier molecular flexibility index (Phi) is 6.09. The van der Waals surface area contributed by atoms with Crippen LogP contribution in [0.4, 0.5) is 5.69 Å². The smallest absolute Gasteiger partial charge is 0.0931 e. The molecular weight excluding hydrogens is 226 g/mol. The topological polar surface area (TPSA) is 39.6 Å². The van der Waals surface area contributed by atoms with Gasteiger partial charge >= 0.3 is 0 Å². The molecule has 102 valence electrons. The minimum Gasteiger partial charge on any atom is -0.387 e. The summed E-state index contributed by atoms with van der Waals surface area (Å²) in [5, 5.41) is 9.43. The van der Waals surface area contributed by atoms with Gasteiger partial charge in [0.25, 0.3) is 0 Å². The van der Waals surface area contributed by atoms with Crippen LogP contribution in [0.1, 0.15) is 32.1 Å². The minimum atomic E-state index is -0.497. The van der Waals surface area contributed by atoms with Gasteiger partial charge in [0.05, 0.1) is 23.7 Å². The quantitative estimate of drug-likeness (QED) is 0.803. The van der Waals surface area contributed by atoms with Crippen LogP contribution in [-0.2, 0) is 0 Å². The zero-order chi connectivity index (χ0) is 13.5. The maximum absolute atomic E-state index is 9.43. The van der Waals surface area contributed by atoms with Gasteiger partial charge in [-0.15, -0.1) is 0 Å². The van der Waals surface area contributed by atoms with Crippen molar-refractivity contribution in [3.05, 3.63) is 24.0 Å². The molecule has 1 aromatic heterocycles. The second-order valence-electron chi connectivity index (χ2n) is 4.85. The van der Waals surface area contributed by atoms with E-state index in [4.69, 9.17) is 0 Å². The van der Waals surface area contributed by atoms with Gasteiger partial charge in [-0.25, -0.2) is 0 Å². The molecule has 1 unspecified atom stereocenters. The number of aromatic nitrogens is 1. The third-order valence-corrected chi connectivity index (χ3v) is 2.98. The van der Waals surface area contributed by atoms with Crippen LogP contribution in [0.5, 0.6) is 0 Å². The molecule has 0 bridgehead atoms. The second kappa shape index (κ2) is 7.34. The Hall–Kier alpha value is -1.13. The average molecular weight is 251 g/mol. The van der Waals surface area contributed by atoms with E-state index in [9.17, 15) is 5.11 Å². The van der Waals surface area contributed by atoms with Gasteiger partial charge in [0, 0.05) is 13.1 Å². The minimum absolute atomic E-state index is 0.497. The van der Waals surface area contributed by atoms with Crippen molar-refractivity contribution in [2.45, 2.75) is 26.4 Å². The SMILES string of the molecule is CCN(CCCN(C)C)c1ccc(C(C)O)nc1. The Bertz CT molecular complexity index is 335. The Labute approximate surface area is 110 Å². The van der Waals surface area contributed by atoms with Crippen LogP contribution >= 0.6 is 0 Å². The van der Waals surface area contributed by atoms with E-state index in [1.165, 1.54) is 0 Å². The van der Waals surface area contributed by atoms with Crippen molar-refractivity contribution in [2.24, 2.45) is 0 Å². The zero-order valence-corrected chi connectivity index (χ0v) is 11.9. The summed E-state index contributed by atoms with van der Waals surface area (Å²) in [6, 6.07) is 3.93. The highest BCUT2D eigenvalue weighted by atomic mass is 16.3. The Morgan fingerprint density at radius 2 is 2.00 bits per heavy atom. The number of hydrogen-bond donors (Lipinski definition) is 1. The molecule has 4 nitrogen and oxygen atoms in total. The summed E-state index contributed by atoms with van der Waals surface area (Å²) in [5.74, 6) is 0. The molecule has 4 heteroatoms. The number of pyridine rings is 1. The first kappa shape index (κ1) is 14.9. The summed E-state index contributed by atoms with van der Waals surface area (Å²) in [6.07, 6.45) is 2.49. The lowest BCUT2D eigenvalue weighted by Gasteiger charge is -2.23. The largest absolute Gasteiger partial charge is 0.387 e. The number of aliphatic hydroxyl groups is 1. The Balaban J connectivity index is 2.58. The number of rotatable bonds is 7. The molecule has 18 heavy (non-hydrogen) atoms. The van der Waals surface area contributed by atoms with Crippen LogP contribution in [0.25, 0.3) is 0 Å². The summed E-state index contributed by atoms with van der Waals surface area (Å²) in [5.41, 5.74) is 1.85. The maximum Gasteiger partial charge on any atom is 0.0931 e. The van der Waals surface area contributed by atoms with Gasteiger partial charge in [-0.05, 0) is 53.0 Å². The van der Waals surface area contributed by atoms with E-state index >= 15 is 0 Å². The van der Waals surface area contributed by atoms with E-state index in [1.807, 2.05) is 18.3 Å². The van der Waals surface area contributed by atoms with Crippen LogP contribution in [0.2, 0.25) is 0 Å². The average Bonchev–Trinajstić information content (AvgIpc) is 2.34. The summed E-state index contributed by atoms with van der Waals surface area (Å²) >= 11 is 0. The van der Waals surface area contributed by atoms with Gasteiger partial charge < -0.3 is 14.9 Å². The van der Waals surface area contributed by atoms with Gasteiger partial charge in [-0.1, -0.05) is 0 Å². The molecule has 1 N–H and O–H groups in total. The number of anilines is 1. The zero-order valence-electron chi connectivity index (χ0n) is 11.9. The molecule has 0 fully saturated rings. The lowest BCUT2D eigenvalue weighted by Crippen LogP contribution is -2.27. The van der Waals surface area contributed by atoms with Crippen molar-refractivity contribution in [3.63, 3.8) is 0 Å². The molecule has 0 saturated heterocycles. The van der Waals surface area contributed by atoms with Crippen LogP contribution < -0.4 is 4.90 Å². The molecule has 0 aromatic carbocycles. The summed E-state index contributed by atoms with van der Waals surface area (Å²) in [4.78, 5) is 8.79. The van der Waals surface area contributed by atoms with Crippen molar-refractivity contribution < 1.29 is 5.11 Å². The Morgan fingerprint density at radius 3 is 2.44 bits per heavy atom. The highest BCUT2D eigenvalue weighted by Crippen LogP contribution is 2.16. The molecule has 0 aliphatic carbocycles. The van der Waals surface area contributed by atoms with E-state index in [1.54, 1.807) is 6.92 Å². The molecule has 0 radical (unpaired) electrons.